The molecule has 3 heteroatoms. The second-order valence-electron chi connectivity index (χ2n) is 11.7. The molecule has 32 heavy (non-hydrogen) atoms. The molecular formula is C29H42O3. The van der Waals surface area contributed by atoms with Crippen molar-refractivity contribution in [1.82, 2.24) is 0 Å². The van der Waals surface area contributed by atoms with Crippen molar-refractivity contribution in [2.75, 3.05) is 6.61 Å². The summed E-state index contributed by atoms with van der Waals surface area (Å²) in [6.07, 6.45) is 0.577. The van der Waals surface area contributed by atoms with Gasteiger partial charge in [0.1, 0.15) is 0 Å². The SMILES string of the molecule is Cc1cc(C)cc(C(C)(C)CC(O)(c2ccc(C(=O)OCC(C)(C)C)c(C)c2)C(C)C)c1. The molecule has 0 bridgehead atoms. The molecule has 2 rings (SSSR count). The van der Waals surface area contributed by atoms with Gasteiger partial charge in [0.25, 0.3) is 0 Å². The van der Waals surface area contributed by atoms with Crippen molar-refractivity contribution in [3.8, 4) is 0 Å². The molecule has 0 heterocycles. The van der Waals surface area contributed by atoms with Crippen LogP contribution in [0.1, 0.15) is 93.1 Å². The van der Waals surface area contributed by atoms with E-state index in [1.807, 2.05) is 39.8 Å². The fourth-order valence-electron chi connectivity index (χ4n) is 4.30. The Balaban J connectivity index is 2.38. The minimum absolute atomic E-state index is 0.00535. The van der Waals surface area contributed by atoms with E-state index < -0.39 is 5.60 Å². The maximum Gasteiger partial charge on any atom is 0.338 e. The predicted molar refractivity (Wildman–Crippen MR) is 133 cm³/mol. The summed E-state index contributed by atoms with van der Waals surface area (Å²) in [6.45, 7) is 21.1. The summed E-state index contributed by atoms with van der Waals surface area (Å²) >= 11 is 0. The Labute approximate surface area is 195 Å². The first-order chi connectivity index (χ1) is 14.5. The highest BCUT2D eigenvalue weighted by Gasteiger charge is 2.40. The van der Waals surface area contributed by atoms with Gasteiger partial charge in [0, 0.05) is 0 Å². The first kappa shape index (κ1) is 26.1. The second kappa shape index (κ2) is 9.39. The van der Waals surface area contributed by atoms with Gasteiger partial charge in [-0.05, 0) is 66.7 Å². The molecule has 0 spiro atoms. The van der Waals surface area contributed by atoms with Crippen LogP contribution in [0.5, 0.6) is 0 Å². The summed E-state index contributed by atoms with van der Waals surface area (Å²) in [6, 6.07) is 12.2. The Morgan fingerprint density at radius 2 is 1.47 bits per heavy atom. The summed E-state index contributed by atoms with van der Waals surface area (Å²) in [4.78, 5) is 12.6. The quantitative estimate of drug-likeness (QED) is 0.472. The van der Waals surface area contributed by atoms with Crippen LogP contribution in [0.4, 0.5) is 0 Å². The van der Waals surface area contributed by atoms with Crippen LogP contribution >= 0.6 is 0 Å². The zero-order valence-electron chi connectivity index (χ0n) is 21.7. The van der Waals surface area contributed by atoms with E-state index in [9.17, 15) is 9.90 Å². The van der Waals surface area contributed by atoms with Gasteiger partial charge in [-0.25, -0.2) is 4.79 Å². The van der Waals surface area contributed by atoms with Crippen molar-refractivity contribution in [1.29, 1.82) is 0 Å². The fraction of sp³-hybridized carbons (Fsp3) is 0.552. The summed E-state index contributed by atoms with van der Waals surface area (Å²) in [5.74, 6) is -0.307. The number of aliphatic hydroxyl groups is 1. The van der Waals surface area contributed by atoms with Crippen molar-refractivity contribution in [3.63, 3.8) is 0 Å². The van der Waals surface area contributed by atoms with E-state index in [0.717, 1.165) is 11.1 Å². The molecule has 0 aliphatic rings. The van der Waals surface area contributed by atoms with Gasteiger partial charge in [-0.15, -0.1) is 0 Å². The van der Waals surface area contributed by atoms with E-state index in [-0.39, 0.29) is 22.7 Å². The summed E-state index contributed by atoms with van der Waals surface area (Å²) in [7, 11) is 0. The molecule has 176 valence electrons. The predicted octanol–water partition coefficient (Wildman–Crippen LogP) is 7.03. The van der Waals surface area contributed by atoms with E-state index in [4.69, 9.17) is 4.74 Å². The molecule has 0 saturated heterocycles. The third-order valence-corrected chi connectivity index (χ3v) is 6.25. The topological polar surface area (TPSA) is 46.5 Å². The van der Waals surface area contributed by atoms with Crippen LogP contribution in [0, 0.1) is 32.1 Å². The van der Waals surface area contributed by atoms with Crippen LogP contribution in [-0.2, 0) is 15.8 Å². The number of benzene rings is 2. The highest BCUT2D eigenvalue weighted by Crippen LogP contribution is 2.43. The first-order valence-electron chi connectivity index (χ1n) is 11.6. The standard InChI is InChI=1S/C29H42O3/c1-19(2)29(31,17-28(9,10)24-14-20(3)13-21(4)15-24)23-11-12-25(22(5)16-23)26(30)32-18-27(6,7)8/h11-16,19,31H,17-18H2,1-10H3. The number of hydrogen-bond acceptors (Lipinski definition) is 3. The van der Waals surface area contributed by atoms with Crippen LogP contribution in [0.3, 0.4) is 0 Å². The third-order valence-electron chi connectivity index (χ3n) is 6.25. The number of aryl methyl sites for hydroxylation is 3. The Kier molecular flexibility index (Phi) is 7.67. The minimum atomic E-state index is -1.03. The lowest BCUT2D eigenvalue weighted by molar-refractivity contribution is -0.0347. The molecule has 1 N–H and O–H groups in total. The number of carbonyl (C=O) groups excluding carboxylic acids is 1. The van der Waals surface area contributed by atoms with Gasteiger partial charge >= 0.3 is 5.97 Å². The van der Waals surface area contributed by atoms with Gasteiger partial charge in [-0.2, -0.15) is 0 Å². The van der Waals surface area contributed by atoms with Crippen LogP contribution in [0.25, 0.3) is 0 Å². The molecule has 0 amide bonds. The van der Waals surface area contributed by atoms with Crippen molar-refractivity contribution >= 4 is 5.97 Å². The molecule has 1 unspecified atom stereocenters. The van der Waals surface area contributed by atoms with Gasteiger partial charge < -0.3 is 9.84 Å². The monoisotopic (exact) mass is 438 g/mol. The zero-order valence-corrected chi connectivity index (χ0v) is 21.7. The van der Waals surface area contributed by atoms with E-state index in [2.05, 4.69) is 59.7 Å². The average Bonchev–Trinajstić information content (AvgIpc) is 2.64. The number of ether oxygens (including phenoxy) is 1. The van der Waals surface area contributed by atoms with Gasteiger partial charge in [-0.1, -0.05) is 89.9 Å². The molecular weight excluding hydrogens is 396 g/mol. The Morgan fingerprint density at radius 1 is 0.906 bits per heavy atom. The summed E-state index contributed by atoms with van der Waals surface area (Å²) in [5.41, 5.74) is 4.57. The highest BCUT2D eigenvalue weighted by atomic mass is 16.5. The van der Waals surface area contributed by atoms with Crippen LogP contribution in [-0.4, -0.2) is 17.7 Å². The average molecular weight is 439 g/mol. The number of esters is 1. The van der Waals surface area contributed by atoms with E-state index in [0.29, 0.717) is 18.6 Å². The molecule has 3 nitrogen and oxygen atoms in total. The van der Waals surface area contributed by atoms with Crippen LogP contribution < -0.4 is 0 Å². The molecule has 0 saturated carbocycles. The maximum atomic E-state index is 12.6. The van der Waals surface area contributed by atoms with E-state index >= 15 is 0 Å². The Hall–Kier alpha value is -2.13. The van der Waals surface area contributed by atoms with E-state index in [1.165, 1.54) is 16.7 Å². The first-order valence-corrected chi connectivity index (χ1v) is 11.6. The lowest BCUT2D eigenvalue weighted by Gasteiger charge is -2.40. The summed E-state index contributed by atoms with van der Waals surface area (Å²) in [5, 5.41) is 11.9. The smallest absolute Gasteiger partial charge is 0.338 e. The molecule has 2 aromatic rings. The number of rotatable bonds is 7. The normalized spacial score (nSPS) is 14.4. The van der Waals surface area contributed by atoms with Gasteiger partial charge in [0.15, 0.2) is 0 Å². The maximum absolute atomic E-state index is 12.6. The molecule has 0 radical (unpaired) electrons. The van der Waals surface area contributed by atoms with Crippen molar-refractivity contribution in [3.05, 3.63) is 69.8 Å². The summed E-state index contributed by atoms with van der Waals surface area (Å²) < 4.78 is 5.51. The van der Waals surface area contributed by atoms with Gasteiger partial charge in [0.2, 0.25) is 0 Å². The molecule has 0 aliphatic carbocycles. The minimum Gasteiger partial charge on any atom is -0.462 e. The largest absolute Gasteiger partial charge is 0.462 e. The fourth-order valence-corrected chi connectivity index (χ4v) is 4.30. The third kappa shape index (κ3) is 6.22. The number of carbonyl (C=O) groups is 1. The van der Waals surface area contributed by atoms with Crippen LogP contribution in [0.2, 0.25) is 0 Å². The molecule has 0 fully saturated rings. The van der Waals surface area contributed by atoms with E-state index in [1.54, 1.807) is 6.07 Å². The van der Waals surface area contributed by atoms with Crippen molar-refractivity contribution in [2.24, 2.45) is 11.3 Å². The van der Waals surface area contributed by atoms with Crippen molar-refractivity contribution in [2.45, 2.75) is 86.7 Å². The second-order valence-corrected chi connectivity index (χ2v) is 11.7. The lowest BCUT2D eigenvalue weighted by Crippen LogP contribution is -2.39. The molecule has 0 aromatic heterocycles. The van der Waals surface area contributed by atoms with Gasteiger partial charge in [0.05, 0.1) is 17.8 Å². The molecule has 0 aliphatic heterocycles. The zero-order chi connectivity index (χ0) is 24.5. The van der Waals surface area contributed by atoms with Gasteiger partial charge in [-0.3, -0.25) is 0 Å². The Morgan fingerprint density at radius 3 is 1.94 bits per heavy atom. The highest BCUT2D eigenvalue weighted by molar-refractivity contribution is 5.91. The van der Waals surface area contributed by atoms with Crippen molar-refractivity contribution < 1.29 is 14.6 Å². The molecule has 1 atom stereocenters. The molecule has 2 aromatic carbocycles. The van der Waals surface area contributed by atoms with Crippen LogP contribution in [0.15, 0.2) is 36.4 Å². The Bertz CT molecular complexity index is 943. The number of hydrogen-bond donors (Lipinski definition) is 1. The lowest BCUT2D eigenvalue weighted by atomic mass is 9.68.